The van der Waals surface area contributed by atoms with E-state index in [1.54, 1.807) is 33.6 Å². The molecule has 6 heteroatoms. The largest absolute Gasteiger partial charge is 0.475 e. The highest BCUT2D eigenvalue weighted by molar-refractivity contribution is 5.42. The van der Waals surface area contributed by atoms with Crippen LogP contribution in [0.1, 0.15) is 6.92 Å². The van der Waals surface area contributed by atoms with Gasteiger partial charge in [0.15, 0.2) is 6.29 Å². The minimum atomic E-state index is -0.308. The summed E-state index contributed by atoms with van der Waals surface area (Å²) in [5.41, 5.74) is 0.880. The summed E-state index contributed by atoms with van der Waals surface area (Å²) in [6.07, 6.45) is 1.40. The molecule has 0 bridgehead atoms. The third kappa shape index (κ3) is 5.42. The van der Waals surface area contributed by atoms with Crippen molar-refractivity contribution in [2.24, 2.45) is 0 Å². The van der Waals surface area contributed by atoms with Gasteiger partial charge in [0.1, 0.15) is 6.61 Å². The average Bonchev–Trinajstić information content (AvgIpc) is 2.42. The van der Waals surface area contributed by atoms with Gasteiger partial charge in [-0.05, 0) is 13.0 Å². The van der Waals surface area contributed by atoms with Crippen molar-refractivity contribution < 1.29 is 18.9 Å². The summed E-state index contributed by atoms with van der Waals surface area (Å²) in [6, 6.07) is 3.71. The van der Waals surface area contributed by atoms with Gasteiger partial charge in [0.2, 0.25) is 5.88 Å². The smallest absolute Gasteiger partial charge is 0.213 e. The summed E-state index contributed by atoms with van der Waals surface area (Å²) in [7, 11) is 4.85. The summed E-state index contributed by atoms with van der Waals surface area (Å²) in [6.45, 7) is 3.00. The zero-order chi connectivity index (χ0) is 14.1. The van der Waals surface area contributed by atoms with Gasteiger partial charge in [-0.1, -0.05) is 0 Å². The molecule has 1 aromatic rings. The second kappa shape index (κ2) is 8.68. The van der Waals surface area contributed by atoms with E-state index < -0.39 is 0 Å². The topological polar surface area (TPSA) is 61.8 Å². The van der Waals surface area contributed by atoms with E-state index >= 15 is 0 Å². The van der Waals surface area contributed by atoms with Gasteiger partial charge in [-0.3, -0.25) is 0 Å². The fraction of sp³-hybridized carbons (Fsp3) is 0.615. The minimum Gasteiger partial charge on any atom is -0.475 e. The van der Waals surface area contributed by atoms with Crippen molar-refractivity contribution in [1.82, 2.24) is 4.98 Å². The molecule has 1 atom stereocenters. The number of methoxy groups -OCH3 is 3. The van der Waals surface area contributed by atoms with E-state index in [1.807, 2.05) is 13.0 Å². The predicted octanol–water partition coefficient (Wildman–Crippen LogP) is 1.53. The monoisotopic (exact) mass is 270 g/mol. The first-order valence-electron chi connectivity index (χ1n) is 6.11. The first kappa shape index (κ1) is 15.7. The number of hydrogen-bond donors (Lipinski definition) is 1. The second-order valence-corrected chi connectivity index (χ2v) is 4.00. The van der Waals surface area contributed by atoms with Crippen LogP contribution in [0.25, 0.3) is 0 Å². The zero-order valence-corrected chi connectivity index (χ0v) is 11.9. The molecule has 0 spiro atoms. The van der Waals surface area contributed by atoms with Gasteiger partial charge in [-0.2, -0.15) is 0 Å². The number of aromatic nitrogens is 1. The van der Waals surface area contributed by atoms with Crippen LogP contribution in [-0.2, 0) is 14.2 Å². The molecule has 0 fully saturated rings. The number of pyridine rings is 1. The molecule has 1 rings (SSSR count). The summed E-state index contributed by atoms with van der Waals surface area (Å²) >= 11 is 0. The lowest BCUT2D eigenvalue weighted by atomic mass is 10.3. The van der Waals surface area contributed by atoms with Gasteiger partial charge in [-0.15, -0.1) is 0 Å². The molecule has 0 aliphatic heterocycles. The number of nitrogens with zero attached hydrogens (tertiary/aromatic N) is 1. The fourth-order valence-corrected chi connectivity index (χ4v) is 1.62. The Labute approximate surface area is 114 Å². The quantitative estimate of drug-likeness (QED) is 0.542. The van der Waals surface area contributed by atoms with Crippen molar-refractivity contribution in [2.45, 2.75) is 19.3 Å². The number of ether oxygens (including phenoxy) is 4. The van der Waals surface area contributed by atoms with Crippen LogP contribution in [0, 0.1) is 0 Å². The van der Waals surface area contributed by atoms with Crippen LogP contribution in [-0.4, -0.2) is 51.9 Å². The lowest BCUT2D eigenvalue weighted by Gasteiger charge is -2.22. The van der Waals surface area contributed by atoms with E-state index in [9.17, 15) is 0 Å². The summed E-state index contributed by atoms with van der Waals surface area (Å²) < 4.78 is 20.6. The van der Waals surface area contributed by atoms with Crippen molar-refractivity contribution in [1.29, 1.82) is 0 Å². The number of hydrogen-bond acceptors (Lipinski definition) is 6. The molecule has 1 aromatic heterocycles. The van der Waals surface area contributed by atoms with Crippen molar-refractivity contribution in [2.75, 3.05) is 39.9 Å². The van der Waals surface area contributed by atoms with Gasteiger partial charge in [0.05, 0.1) is 24.5 Å². The molecule has 0 saturated carbocycles. The van der Waals surface area contributed by atoms with Crippen LogP contribution in [0.4, 0.5) is 5.69 Å². The highest BCUT2D eigenvalue weighted by Crippen LogP contribution is 2.14. The van der Waals surface area contributed by atoms with Crippen molar-refractivity contribution in [3.8, 4) is 5.88 Å². The molecule has 0 saturated heterocycles. The molecule has 1 unspecified atom stereocenters. The van der Waals surface area contributed by atoms with Gasteiger partial charge in [0, 0.05) is 27.4 Å². The molecule has 108 valence electrons. The second-order valence-electron chi connectivity index (χ2n) is 4.00. The Bertz CT molecular complexity index is 341. The Balaban J connectivity index is 2.47. The van der Waals surface area contributed by atoms with Crippen LogP contribution in [0.2, 0.25) is 0 Å². The molecule has 1 N–H and O–H groups in total. The van der Waals surface area contributed by atoms with E-state index in [0.717, 1.165) is 5.69 Å². The Kier molecular flexibility index (Phi) is 7.17. The maximum absolute atomic E-state index is 5.38. The molecule has 0 aliphatic carbocycles. The Hall–Kier alpha value is -1.37. The Morgan fingerprint density at radius 2 is 1.89 bits per heavy atom. The zero-order valence-electron chi connectivity index (χ0n) is 11.9. The van der Waals surface area contributed by atoms with Gasteiger partial charge in [0.25, 0.3) is 0 Å². The SMILES string of the molecule is COCCOc1ccc(NC(C)C(OC)OC)cn1. The first-order chi connectivity index (χ1) is 9.21. The first-order valence-corrected chi connectivity index (χ1v) is 6.11. The van der Waals surface area contributed by atoms with Gasteiger partial charge >= 0.3 is 0 Å². The lowest BCUT2D eigenvalue weighted by molar-refractivity contribution is -0.109. The molecule has 0 aromatic carbocycles. The fourth-order valence-electron chi connectivity index (χ4n) is 1.62. The molecular formula is C13H22N2O4. The lowest BCUT2D eigenvalue weighted by Crippen LogP contribution is -2.33. The summed E-state index contributed by atoms with van der Waals surface area (Å²) in [4.78, 5) is 4.19. The predicted molar refractivity (Wildman–Crippen MR) is 72.5 cm³/mol. The highest BCUT2D eigenvalue weighted by Gasteiger charge is 2.15. The third-order valence-corrected chi connectivity index (χ3v) is 2.54. The average molecular weight is 270 g/mol. The molecule has 0 radical (unpaired) electrons. The van der Waals surface area contributed by atoms with Crippen LogP contribution >= 0.6 is 0 Å². The van der Waals surface area contributed by atoms with Crippen LogP contribution in [0.15, 0.2) is 18.3 Å². The summed E-state index contributed by atoms with van der Waals surface area (Å²) in [5.74, 6) is 0.574. The van der Waals surface area contributed by atoms with Crippen molar-refractivity contribution in [3.05, 3.63) is 18.3 Å². The minimum absolute atomic E-state index is 0.0112. The van der Waals surface area contributed by atoms with Crippen molar-refractivity contribution >= 4 is 5.69 Å². The third-order valence-electron chi connectivity index (χ3n) is 2.54. The van der Waals surface area contributed by atoms with Crippen molar-refractivity contribution in [3.63, 3.8) is 0 Å². The number of anilines is 1. The molecule has 6 nitrogen and oxygen atoms in total. The number of rotatable bonds is 9. The standard InChI is InChI=1S/C13H22N2O4/c1-10(13(17-3)18-4)15-11-5-6-12(14-9-11)19-8-7-16-2/h5-6,9-10,13,15H,7-8H2,1-4H3. The van der Waals surface area contributed by atoms with E-state index in [2.05, 4.69) is 10.3 Å². The normalized spacial score (nSPS) is 12.5. The molecule has 0 aliphatic rings. The van der Waals surface area contributed by atoms with Gasteiger partial charge in [-0.25, -0.2) is 4.98 Å². The van der Waals surface area contributed by atoms with E-state index in [1.165, 1.54) is 0 Å². The Morgan fingerprint density at radius 1 is 1.16 bits per heavy atom. The molecule has 0 amide bonds. The maximum Gasteiger partial charge on any atom is 0.213 e. The summed E-state index contributed by atoms with van der Waals surface area (Å²) in [5, 5.41) is 3.25. The van der Waals surface area contributed by atoms with Gasteiger partial charge < -0.3 is 24.3 Å². The maximum atomic E-state index is 5.38. The Morgan fingerprint density at radius 3 is 2.42 bits per heavy atom. The van der Waals surface area contributed by atoms with Crippen LogP contribution in [0.3, 0.4) is 0 Å². The van der Waals surface area contributed by atoms with E-state index in [4.69, 9.17) is 18.9 Å². The number of nitrogens with one attached hydrogen (secondary N) is 1. The van der Waals surface area contributed by atoms with Crippen LogP contribution < -0.4 is 10.1 Å². The van der Waals surface area contributed by atoms with E-state index in [0.29, 0.717) is 19.1 Å². The molecule has 1 heterocycles. The molecule has 19 heavy (non-hydrogen) atoms. The highest BCUT2D eigenvalue weighted by atomic mass is 16.7. The van der Waals surface area contributed by atoms with E-state index in [-0.39, 0.29) is 12.3 Å². The molecular weight excluding hydrogens is 248 g/mol. The van der Waals surface area contributed by atoms with Crippen LogP contribution in [0.5, 0.6) is 5.88 Å².